The molecule has 0 N–H and O–H groups in total. The molecular weight excluding hydrogens is 304 g/mol. The predicted molar refractivity (Wildman–Crippen MR) is 77.1 cm³/mol. The van der Waals surface area contributed by atoms with E-state index in [-0.39, 0.29) is 18.5 Å². The molecule has 0 aromatic carbocycles. The molecule has 0 spiro atoms. The molecular formula is C11H16N10O2. The Labute approximate surface area is 132 Å². The zero-order valence-electron chi connectivity index (χ0n) is 13.2. The van der Waals surface area contributed by atoms with Crippen LogP contribution in [0.1, 0.15) is 5.82 Å². The molecule has 0 fully saturated rings. The van der Waals surface area contributed by atoms with E-state index in [9.17, 15) is 9.59 Å². The third kappa shape index (κ3) is 4.84. The van der Waals surface area contributed by atoms with Gasteiger partial charge in [-0.1, -0.05) is 10.7 Å². The van der Waals surface area contributed by atoms with Crippen LogP contribution in [0.4, 0.5) is 9.59 Å². The second-order valence-electron chi connectivity index (χ2n) is 4.47. The molecule has 0 radical (unpaired) electrons. The molecule has 122 valence electrons. The molecule has 0 aliphatic heterocycles. The summed E-state index contributed by atoms with van der Waals surface area (Å²) >= 11 is 0. The Kier molecular flexibility index (Phi) is 6.29. The van der Waals surface area contributed by atoms with E-state index in [1.165, 1.54) is 16.1 Å². The zero-order valence-corrected chi connectivity index (χ0v) is 13.2. The van der Waals surface area contributed by atoms with Gasteiger partial charge in [-0.15, -0.1) is 26.4 Å². The summed E-state index contributed by atoms with van der Waals surface area (Å²) < 4.78 is 1.08. The Balaban J connectivity index is 0.000000238. The van der Waals surface area contributed by atoms with Gasteiger partial charge in [-0.25, -0.2) is 9.59 Å². The maximum absolute atomic E-state index is 11.4. The van der Waals surface area contributed by atoms with Crippen LogP contribution in [-0.2, 0) is 6.42 Å². The van der Waals surface area contributed by atoms with E-state index in [4.69, 9.17) is 6.42 Å². The van der Waals surface area contributed by atoms with E-state index in [1.807, 2.05) is 0 Å². The number of carbonyl (C=O) groups excluding carboxylic acids is 2. The molecule has 0 atom stereocenters. The molecule has 0 saturated carbocycles. The van der Waals surface area contributed by atoms with Crippen LogP contribution < -0.4 is 0 Å². The second-order valence-corrected chi connectivity index (χ2v) is 4.47. The lowest BCUT2D eigenvalue weighted by Gasteiger charge is -2.08. The van der Waals surface area contributed by atoms with Crippen LogP contribution in [-0.4, -0.2) is 90.5 Å². The quantitative estimate of drug-likeness (QED) is 0.462. The Morgan fingerprint density at radius 2 is 1.83 bits per heavy atom. The van der Waals surface area contributed by atoms with Gasteiger partial charge in [0, 0.05) is 28.2 Å². The molecule has 2 aromatic heterocycles. The number of hydrogen-bond acceptors (Lipinski definition) is 8. The highest BCUT2D eigenvalue weighted by molar-refractivity contribution is 5.75. The summed E-state index contributed by atoms with van der Waals surface area (Å²) in [7, 11) is 6.46. The SMILES string of the molecule is C#CCc1nnnn1C(=O)N(C)C.CN(C)C(=O)n1ncnn1. The van der Waals surface area contributed by atoms with Crippen molar-refractivity contribution in [2.75, 3.05) is 28.2 Å². The average molecular weight is 320 g/mol. The largest absolute Gasteiger partial charge is 0.362 e. The lowest BCUT2D eigenvalue weighted by molar-refractivity contribution is 0.211. The van der Waals surface area contributed by atoms with E-state index >= 15 is 0 Å². The van der Waals surface area contributed by atoms with Crippen LogP contribution in [0, 0.1) is 12.3 Å². The Morgan fingerprint density at radius 1 is 1.17 bits per heavy atom. The summed E-state index contributed by atoms with van der Waals surface area (Å²) in [5.74, 6) is 2.75. The molecule has 2 rings (SSSR count). The number of hydrogen-bond donors (Lipinski definition) is 0. The lowest BCUT2D eigenvalue weighted by atomic mass is 10.4. The summed E-state index contributed by atoms with van der Waals surface area (Å²) in [6, 6.07) is -0.618. The van der Waals surface area contributed by atoms with Gasteiger partial charge in [-0.05, 0) is 15.6 Å². The van der Waals surface area contributed by atoms with Gasteiger partial charge in [-0.3, -0.25) is 0 Å². The molecule has 2 amide bonds. The van der Waals surface area contributed by atoms with Crippen LogP contribution in [0.2, 0.25) is 0 Å². The number of aromatic nitrogens is 8. The first-order valence-corrected chi connectivity index (χ1v) is 6.25. The normalized spacial score (nSPS) is 9.35. The van der Waals surface area contributed by atoms with Crippen molar-refractivity contribution in [2.24, 2.45) is 0 Å². The number of rotatable bonds is 1. The van der Waals surface area contributed by atoms with Gasteiger partial charge in [-0.2, -0.15) is 0 Å². The minimum absolute atomic E-state index is 0.243. The van der Waals surface area contributed by atoms with Crippen molar-refractivity contribution < 1.29 is 9.59 Å². The van der Waals surface area contributed by atoms with E-state index in [2.05, 4.69) is 36.9 Å². The van der Waals surface area contributed by atoms with Gasteiger partial charge in [0.2, 0.25) is 0 Å². The number of nitrogens with zero attached hydrogens (tertiary/aromatic N) is 10. The molecule has 0 aliphatic carbocycles. The van der Waals surface area contributed by atoms with Crippen molar-refractivity contribution in [3.63, 3.8) is 0 Å². The lowest BCUT2D eigenvalue weighted by Crippen LogP contribution is -2.29. The smallest absolute Gasteiger partial charge is 0.329 e. The highest BCUT2D eigenvalue weighted by atomic mass is 16.2. The van der Waals surface area contributed by atoms with E-state index < -0.39 is 0 Å². The van der Waals surface area contributed by atoms with E-state index in [0.29, 0.717) is 5.82 Å². The third-order valence-corrected chi connectivity index (χ3v) is 2.26. The molecule has 0 aliphatic rings. The first-order chi connectivity index (χ1) is 10.9. The second kappa shape index (κ2) is 8.17. The fraction of sp³-hybridized carbons (Fsp3) is 0.455. The van der Waals surface area contributed by atoms with Crippen LogP contribution in [0.5, 0.6) is 0 Å². The van der Waals surface area contributed by atoms with E-state index in [1.54, 1.807) is 28.2 Å². The minimum atomic E-state index is -0.310. The molecule has 0 bridgehead atoms. The summed E-state index contributed by atoms with van der Waals surface area (Å²) in [4.78, 5) is 26.0. The standard InChI is InChI=1S/C7H9N5O.C4H7N5O/c1-4-5-6-8-9-10-12(6)7(13)11(2)3;1-8(2)4(10)9-6-3-5-7-9/h1H,5H2,2-3H3;3H,1-2H3. The van der Waals surface area contributed by atoms with Gasteiger partial charge in [0.25, 0.3) is 0 Å². The van der Waals surface area contributed by atoms with Gasteiger partial charge in [0.1, 0.15) is 0 Å². The first-order valence-electron chi connectivity index (χ1n) is 6.25. The molecule has 23 heavy (non-hydrogen) atoms. The average Bonchev–Trinajstić information content (AvgIpc) is 3.18. The Bertz CT molecular complexity index is 682. The van der Waals surface area contributed by atoms with Crippen molar-refractivity contribution in [2.45, 2.75) is 6.42 Å². The molecule has 0 unspecified atom stereocenters. The summed E-state index contributed by atoms with van der Waals surface area (Å²) in [6.07, 6.45) is 6.53. The van der Waals surface area contributed by atoms with Crippen LogP contribution in [0.3, 0.4) is 0 Å². The molecule has 12 heteroatoms. The van der Waals surface area contributed by atoms with Gasteiger partial charge in [0.15, 0.2) is 12.2 Å². The molecule has 2 aromatic rings. The third-order valence-electron chi connectivity index (χ3n) is 2.26. The van der Waals surface area contributed by atoms with Crippen molar-refractivity contribution >= 4 is 12.1 Å². The highest BCUT2D eigenvalue weighted by Crippen LogP contribution is 1.94. The van der Waals surface area contributed by atoms with Gasteiger partial charge in [0.05, 0.1) is 6.42 Å². The minimum Gasteiger partial charge on any atom is -0.329 e. The fourth-order valence-corrected chi connectivity index (χ4v) is 1.18. The number of amides is 2. The Morgan fingerprint density at radius 3 is 2.30 bits per heavy atom. The maximum atomic E-state index is 11.4. The zero-order chi connectivity index (χ0) is 17.4. The number of terminal acetylenes is 1. The van der Waals surface area contributed by atoms with Gasteiger partial charge >= 0.3 is 12.1 Å². The molecule has 2 heterocycles. The van der Waals surface area contributed by atoms with Gasteiger partial charge < -0.3 is 9.80 Å². The fourth-order valence-electron chi connectivity index (χ4n) is 1.18. The molecule has 12 nitrogen and oxygen atoms in total. The number of carbonyl (C=O) groups is 2. The van der Waals surface area contributed by atoms with Crippen molar-refractivity contribution in [1.29, 1.82) is 0 Å². The first kappa shape index (κ1) is 17.7. The van der Waals surface area contributed by atoms with Crippen LogP contribution >= 0.6 is 0 Å². The van der Waals surface area contributed by atoms with E-state index in [0.717, 1.165) is 9.48 Å². The van der Waals surface area contributed by atoms with Crippen molar-refractivity contribution in [3.05, 3.63) is 12.2 Å². The monoisotopic (exact) mass is 320 g/mol. The summed E-state index contributed by atoms with van der Waals surface area (Å²) in [5, 5.41) is 20.8. The topological polar surface area (TPSA) is 128 Å². The maximum Gasteiger partial charge on any atom is 0.362 e. The highest BCUT2D eigenvalue weighted by Gasteiger charge is 2.13. The summed E-state index contributed by atoms with van der Waals surface area (Å²) in [6.45, 7) is 0. The van der Waals surface area contributed by atoms with Crippen LogP contribution in [0.15, 0.2) is 6.33 Å². The van der Waals surface area contributed by atoms with Crippen molar-refractivity contribution in [1.82, 2.24) is 50.2 Å². The predicted octanol–water partition coefficient (Wildman–Crippen LogP) is -1.42. The van der Waals surface area contributed by atoms with Crippen molar-refractivity contribution in [3.8, 4) is 12.3 Å². The number of tetrazole rings is 2. The summed E-state index contributed by atoms with van der Waals surface area (Å²) in [5.41, 5.74) is 0. The van der Waals surface area contributed by atoms with Crippen LogP contribution in [0.25, 0.3) is 0 Å². The Hall–Kier alpha value is -3.36. The molecule has 0 saturated heterocycles.